The summed E-state index contributed by atoms with van der Waals surface area (Å²) in [5.41, 5.74) is 3.15. The van der Waals surface area contributed by atoms with Crippen LogP contribution in [0.5, 0.6) is 0 Å². The summed E-state index contributed by atoms with van der Waals surface area (Å²) in [6, 6.07) is 12.4. The number of rotatable bonds is 5. The fraction of sp³-hybridized carbons (Fsp3) is 0.105. The molecule has 1 aliphatic rings. The monoisotopic (exact) mass is 393 g/mol. The molecule has 0 saturated heterocycles. The highest BCUT2D eigenvalue weighted by Gasteiger charge is 2.15. The first-order valence-electron chi connectivity index (χ1n) is 8.46. The summed E-state index contributed by atoms with van der Waals surface area (Å²) in [6.07, 6.45) is 6.05. The Morgan fingerprint density at radius 1 is 1.11 bits per heavy atom. The fourth-order valence-electron chi connectivity index (χ4n) is 3.24. The highest BCUT2D eigenvalue weighted by Crippen LogP contribution is 2.33. The SMILES string of the molecule is Clc1ccc(-n2cc(CCNc3ncnc4c3N=C[N]4)c3ccccc32)s1. The van der Waals surface area contributed by atoms with E-state index in [1.54, 1.807) is 11.3 Å². The Labute approximate surface area is 164 Å². The lowest BCUT2D eigenvalue weighted by Crippen LogP contribution is -2.06. The Bertz CT molecular complexity index is 1160. The Balaban J connectivity index is 1.41. The maximum atomic E-state index is 6.13. The zero-order chi connectivity index (χ0) is 18.2. The molecule has 0 atom stereocenters. The molecule has 1 aromatic carbocycles. The molecule has 0 spiro atoms. The number of nitrogens with one attached hydrogen (secondary N) is 1. The molecule has 0 aliphatic carbocycles. The van der Waals surface area contributed by atoms with Crippen LogP contribution in [0.1, 0.15) is 5.56 Å². The Kier molecular flexibility index (Phi) is 4.03. The zero-order valence-electron chi connectivity index (χ0n) is 14.1. The topological polar surface area (TPSA) is 69.2 Å². The lowest BCUT2D eigenvalue weighted by atomic mass is 10.1. The van der Waals surface area contributed by atoms with E-state index < -0.39 is 0 Å². The number of fused-ring (bicyclic) bond motifs is 2. The van der Waals surface area contributed by atoms with Crippen molar-refractivity contribution in [1.82, 2.24) is 19.9 Å². The number of hydrogen-bond acceptors (Lipinski definition) is 5. The van der Waals surface area contributed by atoms with Gasteiger partial charge in [0.05, 0.1) is 9.85 Å². The van der Waals surface area contributed by atoms with Crippen LogP contribution < -0.4 is 10.6 Å². The van der Waals surface area contributed by atoms with Crippen LogP contribution in [0.3, 0.4) is 0 Å². The third kappa shape index (κ3) is 2.94. The number of nitrogens with zero attached hydrogens (tertiary/aromatic N) is 5. The molecule has 3 aromatic heterocycles. The second-order valence-electron chi connectivity index (χ2n) is 6.06. The third-order valence-electron chi connectivity index (χ3n) is 4.45. The second-order valence-corrected chi connectivity index (χ2v) is 7.76. The van der Waals surface area contributed by atoms with Crippen molar-refractivity contribution >= 4 is 57.5 Å². The molecular formula is C19H14ClN6S. The molecule has 1 aliphatic heterocycles. The summed E-state index contributed by atoms with van der Waals surface area (Å²) in [5, 5.41) is 9.82. The summed E-state index contributed by atoms with van der Waals surface area (Å²) < 4.78 is 2.99. The second kappa shape index (κ2) is 6.68. The van der Waals surface area contributed by atoms with Crippen LogP contribution in [0.25, 0.3) is 15.9 Å². The maximum Gasteiger partial charge on any atom is 0.185 e. The Morgan fingerprint density at radius 3 is 2.93 bits per heavy atom. The lowest BCUT2D eigenvalue weighted by Gasteiger charge is -2.07. The molecule has 1 radical (unpaired) electrons. The molecule has 6 nitrogen and oxygen atoms in total. The van der Waals surface area contributed by atoms with Crippen molar-refractivity contribution in [2.45, 2.75) is 6.42 Å². The Hall–Kier alpha value is -2.90. The minimum atomic E-state index is 0.610. The minimum Gasteiger partial charge on any atom is -0.368 e. The van der Waals surface area contributed by atoms with Gasteiger partial charge in [0.25, 0.3) is 0 Å². The number of aromatic nitrogens is 3. The van der Waals surface area contributed by atoms with E-state index in [-0.39, 0.29) is 0 Å². The molecule has 0 saturated carbocycles. The molecule has 27 heavy (non-hydrogen) atoms. The van der Waals surface area contributed by atoms with E-state index in [9.17, 15) is 0 Å². The number of para-hydroxylation sites is 1. The van der Waals surface area contributed by atoms with Gasteiger partial charge in [0.1, 0.15) is 17.7 Å². The van der Waals surface area contributed by atoms with Gasteiger partial charge in [0, 0.05) is 18.1 Å². The van der Waals surface area contributed by atoms with Crippen LogP contribution in [0.4, 0.5) is 17.3 Å². The summed E-state index contributed by atoms with van der Waals surface area (Å²) in [6.45, 7) is 0.734. The first kappa shape index (κ1) is 16.3. The molecule has 5 rings (SSSR count). The van der Waals surface area contributed by atoms with Gasteiger partial charge in [-0.2, -0.15) is 0 Å². The number of halogens is 1. The zero-order valence-corrected chi connectivity index (χ0v) is 15.7. The van der Waals surface area contributed by atoms with E-state index in [0.717, 1.165) is 22.3 Å². The molecule has 133 valence electrons. The average molecular weight is 394 g/mol. The number of anilines is 1. The summed E-state index contributed by atoms with van der Waals surface area (Å²) in [5.74, 6) is 1.32. The van der Waals surface area contributed by atoms with Crippen molar-refractivity contribution < 1.29 is 0 Å². The predicted molar refractivity (Wildman–Crippen MR) is 110 cm³/mol. The summed E-state index contributed by atoms with van der Waals surface area (Å²) in [4.78, 5) is 12.6. The van der Waals surface area contributed by atoms with Gasteiger partial charge in [-0.05, 0) is 30.2 Å². The molecule has 0 bridgehead atoms. The normalized spacial score (nSPS) is 12.3. The van der Waals surface area contributed by atoms with Gasteiger partial charge in [0.2, 0.25) is 0 Å². The largest absolute Gasteiger partial charge is 0.368 e. The smallest absolute Gasteiger partial charge is 0.185 e. The summed E-state index contributed by atoms with van der Waals surface area (Å²) in [7, 11) is 0. The van der Waals surface area contributed by atoms with Crippen molar-refractivity contribution in [3.63, 3.8) is 0 Å². The number of aliphatic imine (C=N–C) groups is 1. The highest BCUT2D eigenvalue weighted by molar-refractivity contribution is 7.18. The quantitative estimate of drug-likeness (QED) is 0.534. The van der Waals surface area contributed by atoms with Crippen molar-refractivity contribution in [3.05, 3.63) is 58.8 Å². The van der Waals surface area contributed by atoms with Gasteiger partial charge in [-0.3, -0.25) is 0 Å². The first-order chi connectivity index (χ1) is 13.3. The maximum absolute atomic E-state index is 6.13. The van der Waals surface area contributed by atoms with E-state index in [1.807, 2.05) is 12.1 Å². The molecule has 8 heteroatoms. The third-order valence-corrected chi connectivity index (χ3v) is 5.68. The Morgan fingerprint density at radius 2 is 2.04 bits per heavy atom. The number of hydrogen-bond donors (Lipinski definition) is 1. The van der Waals surface area contributed by atoms with Gasteiger partial charge < -0.3 is 9.88 Å². The van der Waals surface area contributed by atoms with Crippen LogP contribution >= 0.6 is 22.9 Å². The van der Waals surface area contributed by atoms with E-state index >= 15 is 0 Å². The van der Waals surface area contributed by atoms with Gasteiger partial charge in [-0.25, -0.2) is 20.3 Å². The molecule has 4 aromatic rings. The first-order valence-corrected chi connectivity index (χ1v) is 9.66. The van der Waals surface area contributed by atoms with E-state index in [2.05, 4.69) is 60.6 Å². The van der Waals surface area contributed by atoms with Crippen molar-refractivity contribution in [3.8, 4) is 5.00 Å². The van der Waals surface area contributed by atoms with Gasteiger partial charge in [-0.1, -0.05) is 29.8 Å². The van der Waals surface area contributed by atoms with Crippen LogP contribution in [0, 0.1) is 0 Å². The molecule has 0 amide bonds. The van der Waals surface area contributed by atoms with Crippen LogP contribution in [0.15, 0.2) is 53.9 Å². The molecule has 0 fully saturated rings. The van der Waals surface area contributed by atoms with Crippen LogP contribution in [-0.2, 0) is 6.42 Å². The lowest BCUT2D eigenvalue weighted by molar-refractivity contribution is 0.996. The number of benzene rings is 1. The molecule has 4 heterocycles. The van der Waals surface area contributed by atoms with Gasteiger partial charge >= 0.3 is 0 Å². The highest BCUT2D eigenvalue weighted by atomic mass is 35.5. The van der Waals surface area contributed by atoms with Crippen molar-refractivity contribution in [1.29, 1.82) is 0 Å². The van der Waals surface area contributed by atoms with Crippen molar-refractivity contribution in [2.24, 2.45) is 4.99 Å². The predicted octanol–water partition coefficient (Wildman–Crippen LogP) is 4.70. The molecule has 0 unspecified atom stereocenters. The fourth-order valence-corrected chi connectivity index (χ4v) is 4.26. The van der Waals surface area contributed by atoms with Crippen molar-refractivity contribution in [2.75, 3.05) is 11.9 Å². The van der Waals surface area contributed by atoms with E-state index in [1.165, 1.54) is 29.1 Å². The minimum absolute atomic E-state index is 0.610. The standard InChI is InChI=1S/C19H14ClN6S/c20-15-5-6-16(27-15)26-9-12(13-3-1-2-4-14(13)26)7-8-21-18-17-19(23-10-22-17)25-11-24-18/h1-6,9-11H,7-8H2,(H,21,24,25). The van der Waals surface area contributed by atoms with Crippen LogP contribution in [0.2, 0.25) is 4.34 Å². The van der Waals surface area contributed by atoms with E-state index in [4.69, 9.17) is 11.6 Å². The van der Waals surface area contributed by atoms with Gasteiger partial charge in [-0.15, -0.1) is 11.3 Å². The average Bonchev–Trinajstić information content (AvgIpc) is 3.40. The summed E-state index contributed by atoms with van der Waals surface area (Å²) >= 11 is 7.70. The number of thiophene rings is 1. The van der Waals surface area contributed by atoms with Gasteiger partial charge in [0.15, 0.2) is 17.3 Å². The van der Waals surface area contributed by atoms with E-state index in [0.29, 0.717) is 17.3 Å². The van der Waals surface area contributed by atoms with Crippen LogP contribution in [-0.4, -0.2) is 27.4 Å². The molecule has 1 N–H and O–H groups in total. The molecular weight excluding hydrogens is 380 g/mol.